The summed E-state index contributed by atoms with van der Waals surface area (Å²) in [6.07, 6.45) is 2.16. The van der Waals surface area contributed by atoms with Gasteiger partial charge in [0.2, 0.25) is 0 Å². The van der Waals surface area contributed by atoms with Gasteiger partial charge in [-0.3, -0.25) is 4.68 Å². The van der Waals surface area contributed by atoms with E-state index in [9.17, 15) is 4.39 Å². The van der Waals surface area contributed by atoms with Crippen molar-refractivity contribution in [1.82, 2.24) is 9.78 Å². The number of aryl methyl sites for hydroxylation is 1. The highest BCUT2D eigenvalue weighted by molar-refractivity contribution is 6.33. The van der Waals surface area contributed by atoms with Crippen molar-refractivity contribution in [2.24, 2.45) is 7.05 Å². The Labute approximate surface area is 109 Å². The molecular weight excluding hydrogens is 253 g/mol. The molecule has 2 N–H and O–H groups in total. The summed E-state index contributed by atoms with van der Waals surface area (Å²) >= 11 is 6.11. The molecule has 0 unspecified atom stereocenters. The molecule has 1 aliphatic rings. The van der Waals surface area contributed by atoms with Gasteiger partial charge in [0.1, 0.15) is 11.6 Å². The van der Waals surface area contributed by atoms with Crippen molar-refractivity contribution in [1.29, 1.82) is 0 Å². The summed E-state index contributed by atoms with van der Waals surface area (Å²) in [6, 6.07) is 4.65. The van der Waals surface area contributed by atoms with Crippen LogP contribution in [0.5, 0.6) is 0 Å². The minimum Gasteiger partial charge on any atom is -0.383 e. The van der Waals surface area contributed by atoms with E-state index in [0.717, 1.165) is 18.5 Å². The van der Waals surface area contributed by atoms with Crippen molar-refractivity contribution >= 4 is 17.4 Å². The Morgan fingerprint density at radius 2 is 2.11 bits per heavy atom. The Balaban J connectivity index is 2.28. The van der Waals surface area contributed by atoms with Gasteiger partial charge in [-0.15, -0.1) is 0 Å². The Morgan fingerprint density at radius 3 is 2.72 bits per heavy atom. The van der Waals surface area contributed by atoms with E-state index in [0.29, 0.717) is 27.9 Å². The van der Waals surface area contributed by atoms with Crippen LogP contribution in [0.4, 0.5) is 10.2 Å². The lowest BCUT2D eigenvalue weighted by molar-refractivity contribution is 0.631. The highest BCUT2D eigenvalue weighted by Gasteiger charge is 2.32. The Bertz CT molecular complexity index is 597. The first-order valence-corrected chi connectivity index (χ1v) is 6.24. The molecule has 2 aromatic rings. The highest BCUT2D eigenvalue weighted by atomic mass is 35.5. The first kappa shape index (κ1) is 11.5. The van der Waals surface area contributed by atoms with Crippen molar-refractivity contribution in [3.63, 3.8) is 0 Å². The average Bonchev–Trinajstić information content (AvgIpc) is 3.11. The van der Waals surface area contributed by atoms with Crippen LogP contribution >= 0.6 is 11.6 Å². The van der Waals surface area contributed by atoms with Crippen LogP contribution in [0.1, 0.15) is 24.5 Å². The van der Waals surface area contributed by atoms with Crippen molar-refractivity contribution in [3.8, 4) is 11.1 Å². The Kier molecular flexibility index (Phi) is 2.55. The third-order valence-electron chi connectivity index (χ3n) is 3.30. The molecule has 0 bridgehead atoms. The molecule has 1 aliphatic carbocycles. The van der Waals surface area contributed by atoms with Crippen molar-refractivity contribution in [3.05, 3.63) is 34.7 Å². The zero-order valence-corrected chi connectivity index (χ0v) is 10.7. The summed E-state index contributed by atoms with van der Waals surface area (Å²) in [5.74, 6) is 0.493. The standard InChI is InChI=1S/C13H13ClFN3/c1-18-13(16)11(12(17-18)7-5-6-7)10-8(14)3-2-4-9(10)15/h2-4,7H,5-6,16H2,1H3. The second-order valence-electron chi connectivity index (χ2n) is 4.64. The Hall–Kier alpha value is -1.55. The summed E-state index contributed by atoms with van der Waals surface area (Å²) in [6.45, 7) is 0. The highest BCUT2D eigenvalue weighted by Crippen LogP contribution is 2.47. The summed E-state index contributed by atoms with van der Waals surface area (Å²) < 4.78 is 15.6. The molecule has 18 heavy (non-hydrogen) atoms. The minimum atomic E-state index is -0.357. The molecule has 0 spiro atoms. The largest absolute Gasteiger partial charge is 0.383 e. The molecule has 5 heteroatoms. The van der Waals surface area contributed by atoms with Crippen LogP contribution < -0.4 is 5.73 Å². The topological polar surface area (TPSA) is 43.8 Å². The number of nitrogen functional groups attached to an aromatic ring is 1. The average molecular weight is 266 g/mol. The first-order valence-electron chi connectivity index (χ1n) is 5.86. The monoisotopic (exact) mass is 265 g/mol. The molecule has 0 aliphatic heterocycles. The lowest BCUT2D eigenvalue weighted by atomic mass is 10.0. The number of hydrogen-bond acceptors (Lipinski definition) is 2. The van der Waals surface area contributed by atoms with Crippen molar-refractivity contribution < 1.29 is 4.39 Å². The van der Waals surface area contributed by atoms with Crippen LogP contribution in [0.15, 0.2) is 18.2 Å². The maximum Gasteiger partial charge on any atom is 0.132 e. The summed E-state index contributed by atoms with van der Waals surface area (Å²) in [7, 11) is 1.76. The number of rotatable bonds is 2. The van der Waals surface area contributed by atoms with E-state index < -0.39 is 0 Å². The van der Waals surface area contributed by atoms with Crippen molar-refractivity contribution in [2.75, 3.05) is 5.73 Å². The lowest BCUT2D eigenvalue weighted by Gasteiger charge is -2.07. The van der Waals surface area contributed by atoms with Gasteiger partial charge < -0.3 is 5.73 Å². The number of anilines is 1. The zero-order valence-electron chi connectivity index (χ0n) is 9.95. The minimum absolute atomic E-state index is 0.357. The number of nitrogens with two attached hydrogens (primary N) is 1. The number of benzene rings is 1. The summed E-state index contributed by atoms with van der Waals surface area (Å²) in [5.41, 5.74) is 7.90. The van der Waals surface area contributed by atoms with Crippen LogP contribution in [-0.4, -0.2) is 9.78 Å². The predicted octanol–water partition coefficient (Wildman–Crippen LogP) is 3.34. The van der Waals surface area contributed by atoms with Gasteiger partial charge in [-0.25, -0.2) is 4.39 Å². The molecule has 0 radical (unpaired) electrons. The molecule has 1 fully saturated rings. The number of nitrogens with zero attached hydrogens (tertiary/aromatic N) is 2. The van der Waals surface area contributed by atoms with E-state index >= 15 is 0 Å². The van der Waals surface area contributed by atoms with E-state index in [2.05, 4.69) is 5.10 Å². The molecule has 0 saturated heterocycles. The molecule has 1 heterocycles. The molecule has 3 nitrogen and oxygen atoms in total. The van der Waals surface area contributed by atoms with Crippen LogP contribution in [0.25, 0.3) is 11.1 Å². The van der Waals surface area contributed by atoms with Crippen LogP contribution in [0.3, 0.4) is 0 Å². The van der Waals surface area contributed by atoms with Gasteiger partial charge >= 0.3 is 0 Å². The van der Waals surface area contributed by atoms with Gasteiger partial charge in [0, 0.05) is 18.5 Å². The summed E-state index contributed by atoms with van der Waals surface area (Å²) in [5, 5.41) is 4.77. The molecule has 1 saturated carbocycles. The second-order valence-corrected chi connectivity index (χ2v) is 5.05. The number of hydrogen-bond donors (Lipinski definition) is 1. The molecule has 0 amide bonds. The predicted molar refractivity (Wildman–Crippen MR) is 70.0 cm³/mol. The second kappa shape index (κ2) is 3.99. The van der Waals surface area contributed by atoms with E-state index in [1.54, 1.807) is 23.9 Å². The fraction of sp³-hybridized carbons (Fsp3) is 0.308. The quantitative estimate of drug-likeness (QED) is 0.905. The normalized spacial score (nSPS) is 15.1. The fourth-order valence-electron chi connectivity index (χ4n) is 2.19. The number of halogens is 2. The lowest BCUT2D eigenvalue weighted by Crippen LogP contribution is -1.98. The van der Waals surface area contributed by atoms with Crippen LogP contribution in [0.2, 0.25) is 5.02 Å². The van der Waals surface area contributed by atoms with Gasteiger partial charge in [0.25, 0.3) is 0 Å². The molecule has 0 atom stereocenters. The van der Waals surface area contributed by atoms with Gasteiger partial charge in [-0.1, -0.05) is 17.7 Å². The third-order valence-corrected chi connectivity index (χ3v) is 3.61. The maximum absolute atomic E-state index is 14.0. The molecule has 3 rings (SSSR count). The summed E-state index contributed by atoms with van der Waals surface area (Å²) in [4.78, 5) is 0. The Morgan fingerprint density at radius 1 is 1.39 bits per heavy atom. The SMILES string of the molecule is Cn1nc(C2CC2)c(-c2c(F)cccc2Cl)c1N. The molecule has 94 valence electrons. The van der Waals surface area contributed by atoms with Crippen LogP contribution in [0, 0.1) is 5.82 Å². The van der Waals surface area contributed by atoms with E-state index in [-0.39, 0.29) is 5.82 Å². The van der Waals surface area contributed by atoms with Gasteiger partial charge in [-0.2, -0.15) is 5.10 Å². The van der Waals surface area contributed by atoms with Gasteiger partial charge in [0.05, 0.1) is 16.3 Å². The van der Waals surface area contributed by atoms with E-state index in [1.165, 1.54) is 6.07 Å². The zero-order chi connectivity index (χ0) is 12.9. The van der Waals surface area contributed by atoms with Crippen molar-refractivity contribution in [2.45, 2.75) is 18.8 Å². The maximum atomic E-state index is 14.0. The smallest absolute Gasteiger partial charge is 0.132 e. The van der Waals surface area contributed by atoms with Crippen LogP contribution in [-0.2, 0) is 7.05 Å². The van der Waals surface area contributed by atoms with E-state index in [4.69, 9.17) is 17.3 Å². The molecular formula is C13H13ClFN3. The molecule has 1 aromatic carbocycles. The van der Waals surface area contributed by atoms with E-state index in [1.807, 2.05) is 0 Å². The van der Waals surface area contributed by atoms with Gasteiger partial charge in [-0.05, 0) is 25.0 Å². The third kappa shape index (κ3) is 1.68. The first-order chi connectivity index (χ1) is 8.59. The number of aromatic nitrogens is 2. The fourth-order valence-corrected chi connectivity index (χ4v) is 2.45. The van der Waals surface area contributed by atoms with Gasteiger partial charge in [0.15, 0.2) is 0 Å². The molecule has 1 aromatic heterocycles.